The molecule has 0 spiro atoms. The van der Waals surface area contributed by atoms with Gasteiger partial charge in [0, 0.05) is 0 Å². The van der Waals surface area contributed by atoms with E-state index < -0.39 is 23.8 Å². The molecule has 7 nitrogen and oxygen atoms in total. The summed E-state index contributed by atoms with van der Waals surface area (Å²) in [6.07, 6.45) is 1.42. The van der Waals surface area contributed by atoms with E-state index in [9.17, 15) is 19.5 Å². The first-order valence-electron chi connectivity index (χ1n) is 7.22. The minimum atomic E-state index is -1.44. The lowest BCUT2D eigenvalue weighted by molar-refractivity contribution is -0.307. The molecular formula is C17H14BrN2O5-. The van der Waals surface area contributed by atoms with Gasteiger partial charge in [-0.3, -0.25) is 9.59 Å². The SMILES string of the molecule is C[C@@H](NC(=O)/C(=C/c1ccccc1)NC(=O)c1ccc(Br)o1)C(=O)[O-]. The normalized spacial score (nSPS) is 12.3. The first kappa shape index (κ1) is 18.5. The zero-order valence-corrected chi connectivity index (χ0v) is 14.7. The average Bonchev–Trinajstić information content (AvgIpc) is 3.01. The number of hydrogen-bond donors (Lipinski definition) is 2. The number of furan rings is 1. The largest absolute Gasteiger partial charge is 0.548 e. The Morgan fingerprint density at radius 2 is 1.84 bits per heavy atom. The Morgan fingerprint density at radius 3 is 2.40 bits per heavy atom. The van der Waals surface area contributed by atoms with Crippen molar-refractivity contribution >= 4 is 39.8 Å². The number of carboxylic acids is 1. The van der Waals surface area contributed by atoms with E-state index in [1.807, 2.05) is 0 Å². The number of halogens is 1. The van der Waals surface area contributed by atoms with E-state index in [0.29, 0.717) is 10.2 Å². The number of carbonyl (C=O) groups is 3. The first-order chi connectivity index (χ1) is 11.9. The third kappa shape index (κ3) is 5.32. The van der Waals surface area contributed by atoms with Gasteiger partial charge in [-0.2, -0.15) is 0 Å². The molecule has 25 heavy (non-hydrogen) atoms. The van der Waals surface area contributed by atoms with Crippen LogP contribution in [0.2, 0.25) is 0 Å². The monoisotopic (exact) mass is 405 g/mol. The Bertz CT molecular complexity index is 813. The van der Waals surface area contributed by atoms with E-state index in [4.69, 9.17) is 4.42 Å². The molecule has 1 aromatic carbocycles. The number of hydrogen-bond acceptors (Lipinski definition) is 5. The third-order valence-electron chi connectivity index (χ3n) is 3.10. The van der Waals surface area contributed by atoms with Gasteiger partial charge in [-0.25, -0.2) is 0 Å². The standard InChI is InChI=1S/C17H15BrN2O5/c1-10(17(23)24)19-15(21)12(9-11-5-3-2-4-6-11)20-16(22)13-7-8-14(18)25-13/h2-10H,1H3,(H,19,21)(H,20,22)(H,23,24)/p-1/b12-9-/t10-/m1/s1. The van der Waals surface area contributed by atoms with E-state index >= 15 is 0 Å². The van der Waals surface area contributed by atoms with Crippen molar-refractivity contribution in [2.24, 2.45) is 0 Å². The summed E-state index contributed by atoms with van der Waals surface area (Å²) in [5.41, 5.74) is 0.520. The lowest BCUT2D eigenvalue weighted by Crippen LogP contribution is -2.48. The molecule has 2 N–H and O–H groups in total. The van der Waals surface area contributed by atoms with Crippen LogP contribution in [0.5, 0.6) is 0 Å². The van der Waals surface area contributed by atoms with Crippen LogP contribution >= 0.6 is 15.9 Å². The molecule has 0 bridgehead atoms. The second kappa shape index (κ2) is 8.29. The van der Waals surface area contributed by atoms with Crippen molar-refractivity contribution in [1.29, 1.82) is 0 Å². The number of carbonyl (C=O) groups excluding carboxylic acids is 3. The van der Waals surface area contributed by atoms with Crippen molar-refractivity contribution in [3.63, 3.8) is 0 Å². The highest BCUT2D eigenvalue weighted by molar-refractivity contribution is 9.10. The highest BCUT2D eigenvalue weighted by Gasteiger charge is 2.18. The van der Waals surface area contributed by atoms with E-state index in [1.165, 1.54) is 25.1 Å². The zero-order valence-electron chi connectivity index (χ0n) is 13.1. The summed E-state index contributed by atoms with van der Waals surface area (Å²) in [4.78, 5) is 35.3. The number of benzene rings is 1. The molecule has 130 valence electrons. The second-order valence-corrected chi connectivity index (χ2v) is 5.82. The van der Waals surface area contributed by atoms with Crippen molar-refractivity contribution in [3.8, 4) is 0 Å². The third-order valence-corrected chi connectivity index (χ3v) is 3.53. The predicted molar refractivity (Wildman–Crippen MR) is 90.9 cm³/mol. The molecule has 2 rings (SSSR count). The maximum Gasteiger partial charge on any atom is 0.291 e. The van der Waals surface area contributed by atoms with Gasteiger partial charge in [0.05, 0.1) is 12.0 Å². The van der Waals surface area contributed by atoms with Crippen molar-refractivity contribution in [1.82, 2.24) is 10.6 Å². The molecule has 0 saturated heterocycles. The van der Waals surface area contributed by atoms with Crippen molar-refractivity contribution in [3.05, 3.63) is 64.2 Å². The molecule has 0 aliphatic heterocycles. The van der Waals surface area contributed by atoms with E-state index in [2.05, 4.69) is 26.6 Å². The Morgan fingerprint density at radius 1 is 1.16 bits per heavy atom. The van der Waals surface area contributed by atoms with Crippen molar-refractivity contribution in [2.75, 3.05) is 0 Å². The molecule has 8 heteroatoms. The van der Waals surface area contributed by atoms with Crippen molar-refractivity contribution < 1.29 is 23.9 Å². The maximum atomic E-state index is 12.3. The molecule has 0 radical (unpaired) electrons. The summed E-state index contributed by atoms with van der Waals surface area (Å²) in [5.74, 6) is -2.86. The van der Waals surface area contributed by atoms with Crippen LogP contribution in [0.3, 0.4) is 0 Å². The lowest BCUT2D eigenvalue weighted by Gasteiger charge is -2.16. The van der Waals surface area contributed by atoms with E-state index in [1.54, 1.807) is 30.3 Å². The number of amides is 2. The van der Waals surface area contributed by atoms with Gasteiger partial charge in [0.25, 0.3) is 11.8 Å². The topological polar surface area (TPSA) is 111 Å². The van der Waals surface area contributed by atoms with E-state index in [-0.39, 0.29) is 11.5 Å². The van der Waals surface area contributed by atoms with Crippen LogP contribution in [0.1, 0.15) is 23.0 Å². The van der Waals surface area contributed by atoms with Crippen LogP contribution in [0.25, 0.3) is 6.08 Å². The fraction of sp³-hybridized carbons (Fsp3) is 0.118. The summed E-state index contributed by atoms with van der Waals surface area (Å²) < 4.78 is 5.50. The van der Waals surface area contributed by atoms with Gasteiger partial charge >= 0.3 is 0 Å². The van der Waals surface area contributed by atoms with Crippen LogP contribution in [0, 0.1) is 0 Å². The number of carboxylic acid groups (broad SMARTS) is 1. The highest BCUT2D eigenvalue weighted by atomic mass is 79.9. The van der Waals surface area contributed by atoms with Crippen molar-refractivity contribution in [2.45, 2.75) is 13.0 Å². The van der Waals surface area contributed by atoms with Gasteiger partial charge in [0.15, 0.2) is 10.4 Å². The number of aliphatic carboxylic acids is 1. The maximum absolute atomic E-state index is 12.3. The van der Waals surface area contributed by atoms with Gasteiger partial charge in [0.2, 0.25) is 0 Å². The minimum absolute atomic E-state index is 0.00779. The Hall–Kier alpha value is -2.87. The second-order valence-electron chi connectivity index (χ2n) is 5.04. The molecule has 0 aliphatic carbocycles. The first-order valence-corrected chi connectivity index (χ1v) is 8.01. The van der Waals surface area contributed by atoms with Gasteiger partial charge in [-0.1, -0.05) is 30.3 Å². The number of rotatable bonds is 6. The Balaban J connectivity index is 2.25. The molecule has 1 heterocycles. The predicted octanol–water partition coefficient (Wildman–Crippen LogP) is 1.07. The fourth-order valence-electron chi connectivity index (χ4n) is 1.83. The van der Waals surface area contributed by atoms with Crippen LogP contribution in [-0.2, 0) is 9.59 Å². The van der Waals surface area contributed by atoms with Gasteiger partial charge in [-0.15, -0.1) is 0 Å². The smallest absolute Gasteiger partial charge is 0.291 e. The number of nitrogens with one attached hydrogen (secondary N) is 2. The van der Waals surface area contributed by atoms with Crippen LogP contribution in [-0.4, -0.2) is 23.8 Å². The van der Waals surface area contributed by atoms with Gasteiger partial charge in [-0.05, 0) is 46.6 Å². The summed E-state index contributed by atoms with van der Waals surface area (Å²) in [6, 6.07) is 10.5. The fourth-order valence-corrected chi connectivity index (χ4v) is 2.13. The molecule has 1 aromatic heterocycles. The lowest BCUT2D eigenvalue weighted by atomic mass is 10.2. The van der Waals surface area contributed by atoms with Gasteiger partial charge < -0.3 is 25.0 Å². The van der Waals surface area contributed by atoms with Crippen LogP contribution in [0.4, 0.5) is 0 Å². The van der Waals surface area contributed by atoms with Crippen LogP contribution < -0.4 is 15.7 Å². The Labute approximate surface area is 151 Å². The molecule has 1 atom stereocenters. The minimum Gasteiger partial charge on any atom is -0.548 e. The molecule has 0 fully saturated rings. The summed E-state index contributed by atoms with van der Waals surface area (Å²) in [7, 11) is 0. The summed E-state index contributed by atoms with van der Waals surface area (Å²) in [6.45, 7) is 1.26. The summed E-state index contributed by atoms with van der Waals surface area (Å²) >= 11 is 3.09. The zero-order chi connectivity index (χ0) is 18.4. The molecule has 0 aliphatic rings. The molecule has 2 aromatic rings. The summed E-state index contributed by atoms with van der Waals surface area (Å²) in [5, 5.41) is 15.5. The molecule has 2 amide bonds. The molecule has 0 unspecified atom stereocenters. The quantitative estimate of drug-likeness (QED) is 0.698. The average molecular weight is 406 g/mol. The molecular weight excluding hydrogens is 392 g/mol. The van der Waals surface area contributed by atoms with Crippen LogP contribution in [0.15, 0.2) is 57.2 Å². The molecule has 0 saturated carbocycles. The highest BCUT2D eigenvalue weighted by Crippen LogP contribution is 2.14. The van der Waals surface area contributed by atoms with Gasteiger partial charge in [0.1, 0.15) is 5.70 Å². The Kier molecular flexibility index (Phi) is 6.13. The van der Waals surface area contributed by atoms with E-state index in [0.717, 1.165) is 0 Å².